The summed E-state index contributed by atoms with van der Waals surface area (Å²) >= 11 is 5.89. The van der Waals surface area contributed by atoms with Crippen molar-refractivity contribution < 1.29 is 4.79 Å². The Labute approximate surface area is 143 Å². The second-order valence-electron chi connectivity index (χ2n) is 5.83. The van der Waals surface area contributed by atoms with Crippen molar-refractivity contribution in [2.75, 3.05) is 14.1 Å². The van der Waals surface area contributed by atoms with Crippen molar-refractivity contribution in [1.82, 2.24) is 19.5 Å². The molecule has 3 aromatic rings. The fourth-order valence-corrected chi connectivity index (χ4v) is 2.69. The minimum Gasteiger partial charge on any atom is -0.345 e. The van der Waals surface area contributed by atoms with Crippen LogP contribution in [-0.2, 0) is 6.42 Å². The lowest BCUT2D eigenvalue weighted by atomic mass is 10.1. The Morgan fingerprint density at radius 1 is 1.29 bits per heavy atom. The van der Waals surface area contributed by atoms with Gasteiger partial charge in [-0.3, -0.25) is 14.7 Å². The quantitative estimate of drug-likeness (QED) is 0.792. The van der Waals surface area contributed by atoms with Gasteiger partial charge in [-0.1, -0.05) is 23.7 Å². The van der Waals surface area contributed by atoms with E-state index in [0.29, 0.717) is 33.9 Å². The predicted molar refractivity (Wildman–Crippen MR) is 92.8 cm³/mol. The zero-order valence-corrected chi connectivity index (χ0v) is 14.4. The van der Waals surface area contributed by atoms with Crippen LogP contribution in [0.5, 0.6) is 0 Å². The maximum absolute atomic E-state index is 12.8. The first kappa shape index (κ1) is 16.3. The van der Waals surface area contributed by atoms with E-state index in [2.05, 4.69) is 10.1 Å². The number of carbonyl (C=O) groups excluding carboxylic acids is 1. The Bertz CT molecular complexity index is 971. The molecule has 3 rings (SSSR count). The third kappa shape index (κ3) is 2.80. The number of carbonyl (C=O) groups is 1. The number of aromatic nitrogens is 3. The number of fused-ring (bicyclic) bond motifs is 1. The van der Waals surface area contributed by atoms with Gasteiger partial charge in [0.15, 0.2) is 5.65 Å². The number of nitrogens with zero attached hydrogens (tertiary/aromatic N) is 3. The van der Waals surface area contributed by atoms with E-state index in [1.807, 2.05) is 12.1 Å². The van der Waals surface area contributed by atoms with Crippen LogP contribution in [0.15, 0.2) is 35.3 Å². The van der Waals surface area contributed by atoms with Crippen molar-refractivity contribution in [2.24, 2.45) is 0 Å². The molecule has 24 heavy (non-hydrogen) atoms. The van der Waals surface area contributed by atoms with Gasteiger partial charge in [-0.05, 0) is 24.6 Å². The number of aryl methyl sites for hydroxylation is 1. The summed E-state index contributed by atoms with van der Waals surface area (Å²) < 4.78 is 1.31. The van der Waals surface area contributed by atoms with Crippen molar-refractivity contribution in [3.63, 3.8) is 0 Å². The molecule has 0 bridgehead atoms. The molecule has 6 nitrogen and oxygen atoms in total. The van der Waals surface area contributed by atoms with Crippen LogP contribution in [0.1, 0.15) is 27.2 Å². The summed E-state index contributed by atoms with van der Waals surface area (Å²) in [6.45, 7) is 1.78. The van der Waals surface area contributed by atoms with Crippen molar-refractivity contribution >= 4 is 23.2 Å². The summed E-state index contributed by atoms with van der Waals surface area (Å²) in [6.07, 6.45) is 1.96. The lowest BCUT2D eigenvalue weighted by molar-refractivity contribution is 0.0829. The highest BCUT2D eigenvalue weighted by atomic mass is 35.5. The Hall–Kier alpha value is -2.60. The van der Waals surface area contributed by atoms with E-state index >= 15 is 0 Å². The average molecular weight is 345 g/mol. The first-order chi connectivity index (χ1) is 11.4. The first-order valence-corrected chi connectivity index (χ1v) is 7.82. The molecule has 1 N–H and O–H groups in total. The molecule has 2 aromatic heterocycles. The van der Waals surface area contributed by atoms with Gasteiger partial charge in [0.05, 0.1) is 0 Å². The van der Waals surface area contributed by atoms with Gasteiger partial charge in [-0.2, -0.15) is 0 Å². The van der Waals surface area contributed by atoms with E-state index in [-0.39, 0.29) is 11.5 Å². The van der Waals surface area contributed by atoms with Gasteiger partial charge in [-0.25, -0.2) is 9.50 Å². The molecule has 0 atom stereocenters. The number of benzene rings is 1. The third-order valence-electron chi connectivity index (χ3n) is 3.89. The maximum Gasteiger partial charge on any atom is 0.276 e. The summed E-state index contributed by atoms with van der Waals surface area (Å²) in [5.74, 6) is -0.203. The SMILES string of the molecule is Cc1nc2c(C(=O)N(C)C)c[nH]n2c(=O)c1Cc1ccc(Cl)cc1. The fourth-order valence-electron chi connectivity index (χ4n) is 2.56. The van der Waals surface area contributed by atoms with Crippen LogP contribution in [0.4, 0.5) is 0 Å². The van der Waals surface area contributed by atoms with Crippen LogP contribution < -0.4 is 5.56 Å². The largest absolute Gasteiger partial charge is 0.345 e. The lowest BCUT2D eigenvalue weighted by Gasteiger charge is -2.09. The molecule has 2 heterocycles. The Balaban J connectivity index is 2.09. The maximum atomic E-state index is 12.8. The molecule has 0 fully saturated rings. The van der Waals surface area contributed by atoms with Crippen molar-refractivity contribution in [3.8, 4) is 0 Å². The fraction of sp³-hybridized carbons (Fsp3) is 0.235. The summed E-state index contributed by atoms with van der Waals surface area (Å²) in [7, 11) is 3.32. The highest BCUT2D eigenvalue weighted by Gasteiger charge is 2.19. The van der Waals surface area contributed by atoms with Gasteiger partial charge in [0.2, 0.25) is 0 Å². The van der Waals surface area contributed by atoms with Gasteiger partial charge in [0, 0.05) is 43.0 Å². The lowest BCUT2D eigenvalue weighted by Crippen LogP contribution is -2.24. The molecular weight excluding hydrogens is 328 g/mol. The van der Waals surface area contributed by atoms with Crippen molar-refractivity contribution in [2.45, 2.75) is 13.3 Å². The monoisotopic (exact) mass is 344 g/mol. The number of rotatable bonds is 3. The molecule has 0 radical (unpaired) electrons. The topological polar surface area (TPSA) is 70.5 Å². The van der Waals surface area contributed by atoms with E-state index < -0.39 is 0 Å². The highest BCUT2D eigenvalue weighted by Crippen LogP contribution is 2.15. The minimum atomic E-state index is -0.203. The molecule has 0 saturated heterocycles. The Morgan fingerprint density at radius 2 is 1.96 bits per heavy atom. The van der Waals surface area contributed by atoms with Crippen LogP contribution in [0.3, 0.4) is 0 Å². The van der Waals surface area contributed by atoms with E-state index in [1.54, 1.807) is 33.2 Å². The molecule has 0 aliphatic heterocycles. The second-order valence-corrected chi connectivity index (χ2v) is 6.27. The summed E-state index contributed by atoms with van der Waals surface area (Å²) in [4.78, 5) is 30.9. The van der Waals surface area contributed by atoms with Gasteiger partial charge >= 0.3 is 0 Å². The van der Waals surface area contributed by atoms with Gasteiger partial charge in [-0.15, -0.1) is 0 Å². The Kier molecular flexibility index (Phi) is 4.15. The average Bonchev–Trinajstić information content (AvgIpc) is 2.96. The van der Waals surface area contributed by atoms with Gasteiger partial charge < -0.3 is 4.90 Å². The number of hydrogen-bond donors (Lipinski definition) is 1. The molecular formula is C17H17ClN4O2. The molecule has 1 amide bonds. The number of amides is 1. The third-order valence-corrected chi connectivity index (χ3v) is 4.15. The summed E-state index contributed by atoms with van der Waals surface area (Å²) in [5, 5.41) is 3.48. The number of hydrogen-bond acceptors (Lipinski definition) is 3. The number of halogens is 1. The van der Waals surface area contributed by atoms with E-state index in [0.717, 1.165) is 5.56 Å². The number of aromatic amines is 1. The minimum absolute atomic E-state index is 0.203. The van der Waals surface area contributed by atoms with E-state index in [9.17, 15) is 9.59 Å². The normalized spacial score (nSPS) is 11.0. The second kappa shape index (κ2) is 6.13. The van der Waals surface area contributed by atoms with Crippen LogP contribution in [-0.4, -0.2) is 39.5 Å². The molecule has 7 heteroatoms. The molecule has 0 aliphatic rings. The highest BCUT2D eigenvalue weighted by molar-refractivity contribution is 6.30. The molecule has 0 saturated carbocycles. The predicted octanol–water partition coefficient (Wildman–Crippen LogP) is 2.28. The molecule has 0 unspecified atom stereocenters. The molecule has 0 spiro atoms. The zero-order chi connectivity index (χ0) is 17.4. The van der Waals surface area contributed by atoms with E-state index in [1.165, 1.54) is 15.6 Å². The Morgan fingerprint density at radius 3 is 2.58 bits per heavy atom. The number of nitrogens with one attached hydrogen (secondary N) is 1. The molecule has 124 valence electrons. The van der Waals surface area contributed by atoms with Crippen molar-refractivity contribution in [1.29, 1.82) is 0 Å². The first-order valence-electron chi connectivity index (χ1n) is 7.44. The van der Waals surface area contributed by atoms with Crippen molar-refractivity contribution in [3.05, 3.63) is 68.2 Å². The van der Waals surface area contributed by atoms with Crippen LogP contribution in [0.25, 0.3) is 5.65 Å². The standard InChI is InChI=1S/C17H17ClN4O2/c1-10-13(8-11-4-6-12(18)7-5-11)17(24)22-15(20-10)14(9-19-22)16(23)21(2)3/h4-7,9,19H,8H2,1-3H3. The van der Waals surface area contributed by atoms with Crippen LogP contribution >= 0.6 is 11.6 Å². The van der Waals surface area contributed by atoms with Gasteiger partial charge in [0.1, 0.15) is 5.56 Å². The summed E-state index contributed by atoms with van der Waals surface area (Å²) in [6, 6.07) is 7.34. The van der Waals surface area contributed by atoms with Crippen LogP contribution in [0.2, 0.25) is 5.02 Å². The zero-order valence-electron chi connectivity index (χ0n) is 13.6. The van der Waals surface area contributed by atoms with Crippen LogP contribution in [0, 0.1) is 6.92 Å². The molecule has 1 aromatic carbocycles. The number of H-pyrrole nitrogens is 1. The molecule has 0 aliphatic carbocycles. The van der Waals surface area contributed by atoms with Gasteiger partial charge in [0.25, 0.3) is 11.5 Å². The smallest absolute Gasteiger partial charge is 0.276 e. The van der Waals surface area contributed by atoms with E-state index in [4.69, 9.17) is 11.6 Å². The summed E-state index contributed by atoms with van der Waals surface area (Å²) in [5.41, 5.74) is 2.68.